The van der Waals surface area contributed by atoms with Gasteiger partial charge in [-0.05, 0) is 47.9 Å². The fourth-order valence-corrected chi connectivity index (χ4v) is 9.31. The SMILES string of the molecule is CSC[C@@H]1NC(=O)[C@@H]2CSSC[C@H](NC(=O)CNC(=O)[C@H](NC(=O)OCc3ccc([N+](=O)[O-])cc3)COC1=O)C(=O)N[C@@H](CSC)C(=O)OC[C@@H](NC(=O)OCc1ccc([N+](=O)[O-])cc1)C(=O)NCC(=O)N2. The normalized spacial score (nSPS) is 22.2. The molecule has 2 bridgehead atoms. The van der Waals surface area contributed by atoms with Crippen molar-refractivity contribution in [3.05, 3.63) is 79.9 Å². The molecule has 4 rings (SSSR count). The van der Waals surface area contributed by atoms with Gasteiger partial charge >= 0.3 is 24.1 Å². The second kappa shape index (κ2) is 29.3. The average Bonchev–Trinajstić information content (AvgIpc) is 3.35. The third-order valence-corrected chi connectivity index (χ3v) is 13.4. The number of rotatable bonds is 12. The molecule has 72 heavy (non-hydrogen) atoms. The van der Waals surface area contributed by atoms with Crippen LogP contribution in [-0.4, -0.2) is 167 Å². The van der Waals surface area contributed by atoms with Gasteiger partial charge in [0.25, 0.3) is 11.4 Å². The van der Waals surface area contributed by atoms with Crippen molar-refractivity contribution in [2.24, 2.45) is 0 Å². The lowest BCUT2D eigenvalue weighted by Gasteiger charge is -2.25. The standard InChI is InChI=1S/C40H48N10O18S4/c1-69-17-29-37(57)65-15-25(47-39(59)67-13-21-3-7-23(8-4-21)49(61)62)33(53)41-12-32(52)44-28-20-72-71-19-27(35(55)45-29)43-31(51)11-42-34(54)26(16-66-38(58)30(18-70-2)46-36(28)56)48-40(60)68-14-22-5-9-24(10-6-22)50(63)64/h3-10,25-30H,11-20H2,1-2H3,(H,41,53)(H,42,54)(H,43,51)(H,44,52)(H,45,55)(H,46,56)(H,47,59)(H,48,60)/t25-,26-,27+,28+,29+,30+/m1/s1. The van der Waals surface area contributed by atoms with Crippen LogP contribution in [0.25, 0.3) is 0 Å². The second-order valence-electron chi connectivity index (χ2n) is 14.9. The van der Waals surface area contributed by atoms with E-state index in [1.807, 2.05) is 0 Å². The minimum Gasteiger partial charge on any atom is -0.461 e. The summed E-state index contributed by atoms with van der Waals surface area (Å²) in [5.41, 5.74) is 0.225. The number of cyclic esters (lactones) is 2. The zero-order valence-corrected chi connectivity index (χ0v) is 41.3. The first kappa shape index (κ1) is 57.5. The Hall–Kier alpha value is -7.06. The lowest BCUT2D eigenvalue weighted by atomic mass is 10.2. The number of amides is 8. The molecule has 2 aromatic rings. The summed E-state index contributed by atoms with van der Waals surface area (Å²) >= 11 is 2.20. The van der Waals surface area contributed by atoms with E-state index in [1.165, 1.54) is 48.5 Å². The molecule has 2 heterocycles. The summed E-state index contributed by atoms with van der Waals surface area (Å²) in [4.78, 5) is 155. The molecule has 32 heteroatoms. The van der Waals surface area contributed by atoms with Crippen molar-refractivity contribution in [3.63, 3.8) is 0 Å². The van der Waals surface area contributed by atoms with Crippen LogP contribution < -0.4 is 42.5 Å². The summed E-state index contributed by atoms with van der Waals surface area (Å²) in [5, 5.41) is 40.9. The highest BCUT2D eigenvalue weighted by atomic mass is 33.1. The van der Waals surface area contributed by atoms with Gasteiger partial charge in [0.1, 0.15) is 62.7 Å². The maximum absolute atomic E-state index is 13.9. The molecule has 28 nitrogen and oxygen atoms in total. The molecule has 8 amide bonds. The Labute approximate surface area is 424 Å². The molecule has 0 unspecified atom stereocenters. The van der Waals surface area contributed by atoms with Crippen molar-refractivity contribution in [2.45, 2.75) is 49.5 Å². The number of esters is 2. The van der Waals surface area contributed by atoms with Crippen LogP contribution in [0.2, 0.25) is 0 Å². The maximum Gasteiger partial charge on any atom is 0.408 e. The second-order valence-corrected chi connectivity index (χ2v) is 19.3. The van der Waals surface area contributed by atoms with Crippen LogP contribution in [0.5, 0.6) is 0 Å². The Kier molecular flexibility index (Phi) is 23.4. The Balaban J connectivity index is 1.59. The van der Waals surface area contributed by atoms with E-state index in [2.05, 4.69) is 42.5 Å². The smallest absolute Gasteiger partial charge is 0.408 e. The highest BCUT2D eigenvalue weighted by Gasteiger charge is 2.34. The topological polar surface area (TPSA) is 390 Å². The molecule has 0 aliphatic carbocycles. The zero-order valence-electron chi connectivity index (χ0n) is 38.0. The lowest BCUT2D eigenvalue weighted by molar-refractivity contribution is -0.385. The predicted molar refractivity (Wildman–Crippen MR) is 258 cm³/mol. The third kappa shape index (κ3) is 19.3. The maximum atomic E-state index is 13.9. The molecule has 2 aliphatic heterocycles. The van der Waals surface area contributed by atoms with Gasteiger partial charge in [0.15, 0.2) is 0 Å². The number of nitrogens with one attached hydrogen (secondary N) is 8. The number of carbonyl (C=O) groups is 10. The molecule has 6 atom stereocenters. The summed E-state index contributed by atoms with van der Waals surface area (Å²) in [6.07, 6.45) is 0.769. The van der Waals surface area contributed by atoms with E-state index in [0.29, 0.717) is 11.1 Å². The molecule has 390 valence electrons. The van der Waals surface area contributed by atoms with E-state index >= 15 is 0 Å². The molecule has 0 spiro atoms. The minimum atomic E-state index is -1.73. The largest absolute Gasteiger partial charge is 0.461 e. The molecule has 8 N–H and O–H groups in total. The van der Waals surface area contributed by atoms with Crippen LogP contribution in [0.3, 0.4) is 0 Å². The van der Waals surface area contributed by atoms with Crippen molar-refractivity contribution < 1.29 is 76.7 Å². The van der Waals surface area contributed by atoms with Gasteiger partial charge in [-0.15, -0.1) is 0 Å². The molecule has 0 saturated carbocycles. The summed E-state index contributed by atoms with van der Waals surface area (Å²) in [6, 6.07) is 0.789. The van der Waals surface area contributed by atoms with Crippen molar-refractivity contribution in [1.82, 2.24) is 42.5 Å². The highest BCUT2D eigenvalue weighted by Crippen LogP contribution is 2.24. The number of fused-ring (bicyclic) bond motifs is 5. The van der Waals surface area contributed by atoms with Crippen molar-refractivity contribution in [2.75, 3.05) is 61.8 Å². The number of nitro benzene ring substituents is 2. The number of hydrogen-bond donors (Lipinski definition) is 8. The predicted octanol–water partition coefficient (Wildman–Crippen LogP) is -1.21. The summed E-state index contributed by atoms with van der Waals surface area (Å²) in [6.45, 7) is -4.20. The summed E-state index contributed by atoms with van der Waals surface area (Å²) in [5.74, 6) is -8.78. The quantitative estimate of drug-likeness (QED) is 0.0406. The number of ether oxygens (including phenoxy) is 4. The third-order valence-electron chi connectivity index (χ3n) is 9.61. The Morgan fingerprint density at radius 2 is 0.972 bits per heavy atom. The number of hydrogen-bond acceptors (Lipinski definition) is 22. The number of alkyl carbamates (subject to hydrolysis) is 2. The number of benzene rings is 2. The molecule has 2 fully saturated rings. The van der Waals surface area contributed by atoms with Gasteiger partial charge in [0.05, 0.1) is 22.9 Å². The lowest BCUT2D eigenvalue weighted by Crippen LogP contribution is -2.58. The van der Waals surface area contributed by atoms with Gasteiger partial charge in [0.2, 0.25) is 35.4 Å². The monoisotopic (exact) mass is 1080 g/mol. The summed E-state index contributed by atoms with van der Waals surface area (Å²) in [7, 11) is 1.90. The van der Waals surface area contributed by atoms with E-state index in [4.69, 9.17) is 18.9 Å². The summed E-state index contributed by atoms with van der Waals surface area (Å²) < 4.78 is 21.0. The zero-order chi connectivity index (χ0) is 52.7. The van der Waals surface area contributed by atoms with Gasteiger partial charge in [-0.1, -0.05) is 21.6 Å². The fraction of sp³-hybridized carbons (Fsp3) is 0.450. The van der Waals surface area contributed by atoms with Gasteiger partial charge < -0.3 is 61.5 Å². The Morgan fingerprint density at radius 3 is 1.31 bits per heavy atom. The minimum absolute atomic E-state index is 0.103. The molecule has 0 aromatic heterocycles. The van der Waals surface area contributed by atoms with Crippen LogP contribution in [-0.2, 0) is 70.5 Å². The van der Waals surface area contributed by atoms with Crippen molar-refractivity contribution >= 4 is 116 Å². The van der Waals surface area contributed by atoms with Crippen LogP contribution in [0.15, 0.2) is 48.5 Å². The van der Waals surface area contributed by atoms with Gasteiger partial charge in [0, 0.05) is 47.3 Å². The first-order valence-corrected chi connectivity index (χ1v) is 26.3. The molecule has 2 aromatic carbocycles. The average molecular weight is 1090 g/mol. The number of carbonyl (C=O) groups excluding carboxylic acids is 10. The molecule has 0 radical (unpaired) electrons. The van der Waals surface area contributed by atoms with E-state index in [1.54, 1.807) is 12.5 Å². The molecule has 2 saturated heterocycles. The van der Waals surface area contributed by atoms with E-state index in [0.717, 1.165) is 45.1 Å². The van der Waals surface area contributed by atoms with Crippen LogP contribution in [0.4, 0.5) is 21.0 Å². The Bertz CT molecular complexity index is 2180. The fourth-order valence-electron chi connectivity index (χ4n) is 5.88. The first-order chi connectivity index (χ1) is 34.4. The van der Waals surface area contributed by atoms with Crippen molar-refractivity contribution in [1.29, 1.82) is 0 Å². The molecule has 2 aliphatic rings. The number of nitro groups is 2. The molecular weight excluding hydrogens is 1040 g/mol. The van der Waals surface area contributed by atoms with Crippen molar-refractivity contribution in [3.8, 4) is 0 Å². The van der Waals surface area contributed by atoms with Gasteiger partial charge in [-0.2, -0.15) is 23.5 Å². The van der Waals surface area contributed by atoms with E-state index < -0.39 is 145 Å². The van der Waals surface area contributed by atoms with E-state index in [9.17, 15) is 68.2 Å². The Morgan fingerprint density at radius 1 is 0.611 bits per heavy atom. The van der Waals surface area contributed by atoms with Crippen LogP contribution in [0.1, 0.15) is 11.1 Å². The first-order valence-electron chi connectivity index (χ1n) is 21.0. The van der Waals surface area contributed by atoms with Gasteiger partial charge in [-0.3, -0.25) is 49.0 Å². The van der Waals surface area contributed by atoms with E-state index in [-0.39, 0.29) is 34.4 Å². The van der Waals surface area contributed by atoms with Crippen LogP contribution >= 0.6 is 45.1 Å². The van der Waals surface area contributed by atoms with Crippen LogP contribution in [0, 0.1) is 20.2 Å². The van der Waals surface area contributed by atoms with Gasteiger partial charge in [-0.25, -0.2) is 19.2 Å². The molecular formula is C40H48N10O18S4. The number of non-ortho nitro benzene ring substituents is 2. The highest BCUT2D eigenvalue weighted by molar-refractivity contribution is 8.76. The number of thioether (sulfide) groups is 2. The number of nitrogens with zero attached hydrogens (tertiary/aromatic N) is 2.